The summed E-state index contributed by atoms with van der Waals surface area (Å²) in [5, 5.41) is 15.3. The molecule has 0 spiro atoms. The second kappa shape index (κ2) is 12.5. The van der Waals surface area contributed by atoms with Crippen LogP contribution in [0.2, 0.25) is 0 Å². The molecule has 0 aromatic carbocycles. The average Bonchev–Trinajstić information content (AvgIpc) is 3.25. The Morgan fingerprint density at radius 2 is 1.96 bits per heavy atom. The molecular weight excluding hydrogens is 455 g/mol. The molecule has 0 bridgehead atoms. The highest BCUT2D eigenvalue weighted by Crippen LogP contribution is 2.40. The lowest BCUT2D eigenvalue weighted by atomic mass is 9.83. The molecule has 8 heteroatoms. The smallest absolute Gasteiger partial charge is 0.191 e. The van der Waals surface area contributed by atoms with Crippen molar-refractivity contribution < 1.29 is 4.74 Å². The standard InChI is InChI=1S/C19H36N6O.HI/c1-5-19(10-7-8-11-19)15-22-18(20-12-9-13-26-6-2)21-14-17-24-23-16(3)25(17)4;/h5-15H2,1-4H3,(H2,20,21,22);1H. The number of ether oxygens (including phenoxy) is 1. The van der Waals surface area contributed by atoms with Crippen LogP contribution in [0.3, 0.4) is 0 Å². The summed E-state index contributed by atoms with van der Waals surface area (Å²) >= 11 is 0. The van der Waals surface area contributed by atoms with Gasteiger partial charge in [0.05, 0.1) is 0 Å². The fourth-order valence-corrected chi connectivity index (χ4v) is 3.49. The number of guanidine groups is 1. The predicted octanol–water partition coefficient (Wildman–Crippen LogP) is 3.17. The Morgan fingerprint density at radius 3 is 2.56 bits per heavy atom. The van der Waals surface area contributed by atoms with Crippen molar-refractivity contribution in [1.82, 2.24) is 25.4 Å². The first-order chi connectivity index (χ1) is 12.6. The SMILES string of the molecule is CCOCCCNC(=NCc1nnc(C)n1C)NCC1(CC)CCCC1.I. The molecule has 0 amide bonds. The third-order valence-corrected chi connectivity index (χ3v) is 5.57. The van der Waals surface area contributed by atoms with Gasteiger partial charge in [-0.15, -0.1) is 34.2 Å². The molecule has 1 aromatic rings. The van der Waals surface area contributed by atoms with E-state index in [1.165, 1.54) is 32.1 Å². The molecular formula is C19H37IN6O. The molecule has 0 radical (unpaired) electrons. The number of aromatic nitrogens is 3. The van der Waals surface area contributed by atoms with Gasteiger partial charge in [-0.05, 0) is 44.9 Å². The van der Waals surface area contributed by atoms with E-state index in [9.17, 15) is 0 Å². The number of hydrogen-bond donors (Lipinski definition) is 2. The van der Waals surface area contributed by atoms with E-state index < -0.39 is 0 Å². The van der Waals surface area contributed by atoms with E-state index >= 15 is 0 Å². The van der Waals surface area contributed by atoms with Gasteiger partial charge in [-0.1, -0.05) is 19.8 Å². The number of nitrogens with one attached hydrogen (secondary N) is 2. The second-order valence-corrected chi connectivity index (χ2v) is 7.28. The molecule has 1 aliphatic rings. The van der Waals surface area contributed by atoms with Crippen molar-refractivity contribution in [3.05, 3.63) is 11.6 Å². The molecule has 1 aromatic heterocycles. The summed E-state index contributed by atoms with van der Waals surface area (Å²) in [6.07, 6.45) is 7.52. The number of aryl methyl sites for hydroxylation is 1. The van der Waals surface area contributed by atoms with Crippen LogP contribution in [0.4, 0.5) is 0 Å². The third-order valence-electron chi connectivity index (χ3n) is 5.57. The molecule has 0 atom stereocenters. The van der Waals surface area contributed by atoms with E-state index in [1.54, 1.807) is 0 Å². The number of rotatable bonds is 10. The van der Waals surface area contributed by atoms with Crippen LogP contribution in [-0.2, 0) is 18.3 Å². The summed E-state index contributed by atoms with van der Waals surface area (Å²) < 4.78 is 7.40. The van der Waals surface area contributed by atoms with E-state index in [0.29, 0.717) is 12.0 Å². The number of halogens is 1. The van der Waals surface area contributed by atoms with Crippen molar-refractivity contribution in [2.75, 3.05) is 26.3 Å². The highest BCUT2D eigenvalue weighted by atomic mass is 127. The third kappa shape index (κ3) is 7.56. The Kier molecular flexibility index (Phi) is 11.2. The van der Waals surface area contributed by atoms with Crippen molar-refractivity contribution in [2.45, 2.75) is 65.8 Å². The van der Waals surface area contributed by atoms with Crippen LogP contribution < -0.4 is 10.6 Å². The lowest BCUT2D eigenvalue weighted by Gasteiger charge is -2.28. The zero-order chi connectivity index (χ0) is 18.8. The molecule has 0 saturated heterocycles. The Bertz CT molecular complexity index is 569. The molecule has 156 valence electrons. The first-order valence-electron chi connectivity index (χ1n) is 10.0. The average molecular weight is 492 g/mol. The molecule has 1 aliphatic carbocycles. The predicted molar refractivity (Wildman–Crippen MR) is 121 cm³/mol. The van der Waals surface area contributed by atoms with Crippen LogP contribution in [0.1, 0.15) is 64.0 Å². The van der Waals surface area contributed by atoms with Crippen LogP contribution in [0.15, 0.2) is 4.99 Å². The van der Waals surface area contributed by atoms with Crippen LogP contribution in [0, 0.1) is 12.3 Å². The minimum Gasteiger partial charge on any atom is -0.382 e. The van der Waals surface area contributed by atoms with Crippen molar-refractivity contribution in [1.29, 1.82) is 0 Å². The maximum Gasteiger partial charge on any atom is 0.191 e. The normalized spacial score (nSPS) is 16.2. The van der Waals surface area contributed by atoms with Crippen molar-refractivity contribution in [3.8, 4) is 0 Å². The number of nitrogens with zero attached hydrogens (tertiary/aromatic N) is 4. The minimum atomic E-state index is 0. The number of aliphatic imine (C=N–C) groups is 1. The van der Waals surface area contributed by atoms with E-state index in [2.05, 4.69) is 27.8 Å². The quantitative estimate of drug-likeness (QED) is 0.227. The maximum atomic E-state index is 5.42. The topological polar surface area (TPSA) is 76.4 Å². The summed E-state index contributed by atoms with van der Waals surface area (Å²) in [6.45, 7) is 10.2. The molecule has 1 saturated carbocycles. The summed E-state index contributed by atoms with van der Waals surface area (Å²) in [7, 11) is 1.98. The first kappa shape index (κ1) is 24.1. The van der Waals surface area contributed by atoms with Crippen molar-refractivity contribution in [2.24, 2.45) is 17.5 Å². The monoisotopic (exact) mass is 492 g/mol. The Morgan fingerprint density at radius 1 is 1.22 bits per heavy atom. The Labute approximate surface area is 181 Å². The van der Waals surface area contributed by atoms with Crippen molar-refractivity contribution in [3.63, 3.8) is 0 Å². The molecule has 1 heterocycles. The summed E-state index contributed by atoms with van der Waals surface area (Å²) in [5.74, 6) is 2.65. The van der Waals surface area contributed by atoms with Gasteiger partial charge in [0.2, 0.25) is 0 Å². The van der Waals surface area contributed by atoms with Crippen molar-refractivity contribution >= 4 is 29.9 Å². The van der Waals surface area contributed by atoms with E-state index in [4.69, 9.17) is 9.73 Å². The highest BCUT2D eigenvalue weighted by molar-refractivity contribution is 14.0. The Hall–Kier alpha value is -0.900. The maximum absolute atomic E-state index is 5.42. The van der Waals surface area contributed by atoms with Crippen LogP contribution in [0.5, 0.6) is 0 Å². The van der Waals surface area contributed by atoms with Gasteiger partial charge in [0.15, 0.2) is 11.8 Å². The minimum absolute atomic E-state index is 0. The van der Waals surface area contributed by atoms with Gasteiger partial charge < -0.3 is 19.9 Å². The van der Waals surface area contributed by atoms with Gasteiger partial charge in [0.25, 0.3) is 0 Å². The largest absolute Gasteiger partial charge is 0.382 e. The zero-order valence-electron chi connectivity index (χ0n) is 17.4. The summed E-state index contributed by atoms with van der Waals surface area (Å²) in [5.41, 5.74) is 0.426. The van der Waals surface area contributed by atoms with Crippen LogP contribution in [-0.4, -0.2) is 47.0 Å². The molecule has 0 unspecified atom stereocenters. The summed E-state index contributed by atoms with van der Waals surface area (Å²) in [4.78, 5) is 4.74. The molecule has 7 nitrogen and oxygen atoms in total. The van der Waals surface area contributed by atoms with Gasteiger partial charge in [0, 0.05) is 33.4 Å². The molecule has 2 N–H and O–H groups in total. The van der Waals surface area contributed by atoms with Crippen LogP contribution in [0.25, 0.3) is 0 Å². The lowest BCUT2D eigenvalue weighted by molar-refractivity contribution is 0.145. The van der Waals surface area contributed by atoms with Gasteiger partial charge >= 0.3 is 0 Å². The Balaban J connectivity index is 0.00000364. The van der Waals surface area contributed by atoms with Crippen LogP contribution >= 0.6 is 24.0 Å². The van der Waals surface area contributed by atoms with E-state index in [1.807, 2.05) is 25.5 Å². The lowest BCUT2D eigenvalue weighted by Crippen LogP contribution is -2.43. The van der Waals surface area contributed by atoms with Gasteiger partial charge in [-0.25, -0.2) is 4.99 Å². The molecule has 27 heavy (non-hydrogen) atoms. The van der Waals surface area contributed by atoms with E-state index in [0.717, 1.165) is 50.3 Å². The molecule has 1 fully saturated rings. The molecule has 2 rings (SSSR count). The molecule has 0 aliphatic heterocycles. The fourth-order valence-electron chi connectivity index (χ4n) is 3.49. The highest BCUT2D eigenvalue weighted by Gasteiger charge is 2.31. The second-order valence-electron chi connectivity index (χ2n) is 7.28. The van der Waals surface area contributed by atoms with Gasteiger partial charge in [-0.3, -0.25) is 0 Å². The van der Waals surface area contributed by atoms with E-state index in [-0.39, 0.29) is 24.0 Å². The zero-order valence-corrected chi connectivity index (χ0v) is 19.7. The fraction of sp³-hybridized carbons (Fsp3) is 0.842. The van der Waals surface area contributed by atoms with Gasteiger partial charge in [0.1, 0.15) is 12.4 Å². The van der Waals surface area contributed by atoms with Gasteiger partial charge in [-0.2, -0.15) is 0 Å². The number of hydrogen-bond acceptors (Lipinski definition) is 4. The first-order valence-corrected chi connectivity index (χ1v) is 10.0. The summed E-state index contributed by atoms with van der Waals surface area (Å²) in [6, 6.07) is 0.